The first-order chi connectivity index (χ1) is 7.81. The van der Waals surface area contributed by atoms with E-state index in [1.165, 1.54) is 0 Å². The highest BCUT2D eigenvalue weighted by Crippen LogP contribution is 2.13. The van der Waals surface area contributed by atoms with E-state index in [0.717, 1.165) is 13.0 Å². The van der Waals surface area contributed by atoms with Crippen LogP contribution in [0.15, 0.2) is 0 Å². The van der Waals surface area contributed by atoms with E-state index in [1.54, 1.807) is 25.8 Å². The van der Waals surface area contributed by atoms with E-state index in [1.807, 2.05) is 7.05 Å². The molecule has 0 aliphatic carbocycles. The van der Waals surface area contributed by atoms with Gasteiger partial charge in [0.2, 0.25) is 0 Å². The highest BCUT2D eigenvalue weighted by molar-refractivity contribution is 5.77. The fourth-order valence-electron chi connectivity index (χ4n) is 1.10. The molecular formula is C11H23N3O3. The molecule has 0 aromatic carbocycles. The summed E-state index contributed by atoms with van der Waals surface area (Å²) in [6.07, 6.45) is 0.864. The van der Waals surface area contributed by atoms with Gasteiger partial charge in [-0.15, -0.1) is 0 Å². The van der Waals surface area contributed by atoms with Gasteiger partial charge in [-0.25, -0.2) is 4.79 Å². The highest BCUT2D eigenvalue weighted by Gasteiger charge is 2.27. The maximum atomic E-state index is 11.6. The maximum Gasteiger partial charge on any atom is 0.317 e. The lowest BCUT2D eigenvalue weighted by Gasteiger charge is -2.23. The smallest absolute Gasteiger partial charge is 0.317 e. The molecule has 0 bridgehead atoms. The predicted octanol–water partition coefficient (Wildman–Crippen LogP) is 0.348. The molecule has 100 valence electrons. The molecule has 0 saturated carbocycles. The van der Waals surface area contributed by atoms with Crippen LogP contribution in [-0.2, 0) is 4.79 Å². The van der Waals surface area contributed by atoms with E-state index in [4.69, 9.17) is 5.11 Å². The molecule has 0 rings (SSSR count). The molecule has 0 unspecified atom stereocenters. The second kappa shape index (κ2) is 7.11. The highest BCUT2D eigenvalue weighted by atomic mass is 16.4. The van der Waals surface area contributed by atoms with Gasteiger partial charge < -0.3 is 20.6 Å². The van der Waals surface area contributed by atoms with Gasteiger partial charge in [-0.3, -0.25) is 4.79 Å². The zero-order chi connectivity index (χ0) is 13.5. The largest absolute Gasteiger partial charge is 0.481 e. The summed E-state index contributed by atoms with van der Waals surface area (Å²) in [5.41, 5.74) is -0.943. The number of nitrogens with one attached hydrogen (secondary N) is 2. The number of amides is 2. The molecule has 0 spiro atoms. The third-order valence-corrected chi connectivity index (χ3v) is 2.53. The lowest BCUT2D eigenvalue weighted by molar-refractivity contribution is -0.146. The molecule has 6 nitrogen and oxygen atoms in total. The second-order valence-electron chi connectivity index (χ2n) is 4.73. The molecule has 0 aliphatic rings. The number of hydrogen-bond acceptors (Lipinski definition) is 3. The normalized spacial score (nSPS) is 11.1. The Labute approximate surface area is 102 Å². The average molecular weight is 245 g/mol. The van der Waals surface area contributed by atoms with Crippen LogP contribution in [0.4, 0.5) is 4.79 Å². The molecule has 6 heteroatoms. The predicted molar refractivity (Wildman–Crippen MR) is 66.0 cm³/mol. The minimum absolute atomic E-state index is 0.123. The Morgan fingerprint density at radius 1 is 1.35 bits per heavy atom. The summed E-state index contributed by atoms with van der Waals surface area (Å²) in [4.78, 5) is 24.0. The number of hydrogen-bond donors (Lipinski definition) is 3. The second-order valence-corrected chi connectivity index (χ2v) is 4.73. The van der Waals surface area contributed by atoms with E-state index < -0.39 is 11.4 Å². The van der Waals surface area contributed by atoms with Crippen molar-refractivity contribution >= 4 is 12.0 Å². The van der Waals surface area contributed by atoms with Crippen molar-refractivity contribution in [1.82, 2.24) is 15.5 Å². The Morgan fingerprint density at radius 2 is 1.94 bits per heavy atom. The standard InChI is InChI=1S/C11H23N3O3/c1-11(2,9(15)16)8-13-10(17)14(4)7-5-6-12-3/h12H,5-8H2,1-4H3,(H,13,17)(H,15,16). The van der Waals surface area contributed by atoms with Crippen LogP contribution in [0.3, 0.4) is 0 Å². The summed E-state index contributed by atoms with van der Waals surface area (Å²) < 4.78 is 0. The van der Waals surface area contributed by atoms with Crippen LogP contribution in [-0.4, -0.2) is 55.7 Å². The van der Waals surface area contributed by atoms with Gasteiger partial charge in [0, 0.05) is 20.1 Å². The van der Waals surface area contributed by atoms with Crippen molar-refractivity contribution in [2.45, 2.75) is 20.3 Å². The zero-order valence-corrected chi connectivity index (χ0v) is 11.0. The quantitative estimate of drug-likeness (QED) is 0.565. The molecule has 0 aliphatic heterocycles. The summed E-state index contributed by atoms with van der Waals surface area (Å²) >= 11 is 0. The molecule has 0 aromatic rings. The lowest BCUT2D eigenvalue weighted by Crippen LogP contribution is -2.44. The van der Waals surface area contributed by atoms with Crippen LogP contribution >= 0.6 is 0 Å². The van der Waals surface area contributed by atoms with Crippen LogP contribution < -0.4 is 10.6 Å². The molecule has 2 amide bonds. The van der Waals surface area contributed by atoms with Crippen LogP contribution in [0, 0.1) is 5.41 Å². The van der Waals surface area contributed by atoms with Crippen LogP contribution in [0.5, 0.6) is 0 Å². The molecular weight excluding hydrogens is 222 g/mol. The summed E-state index contributed by atoms with van der Waals surface area (Å²) in [7, 11) is 3.55. The fourth-order valence-corrected chi connectivity index (χ4v) is 1.10. The summed E-state index contributed by atoms with van der Waals surface area (Å²) in [6.45, 7) is 4.77. The number of carbonyl (C=O) groups excluding carboxylic acids is 1. The number of carboxylic acid groups (broad SMARTS) is 1. The Morgan fingerprint density at radius 3 is 2.41 bits per heavy atom. The number of rotatable bonds is 7. The number of nitrogens with zero attached hydrogens (tertiary/aromatic N) is 1. The molecule has 3 N–H and O–H groups in total. The van der Waals surface area contributed by atoms with Gasteiger partial charge >= 0.3 is 12.0 Å². The summed E-state index contributed by atoms with van der Waals surface area (Å²) in [6, 6.07) is -0.240. The van der Waals surface area contributed by atoms with E-state index in [-0.39, 0.29) is 12.6 Å². The lowest BCUT2D eigenvalue weighted by atomic mass is 9.94. The first-order valence-electron chi connectivity index (χ1n) is 5.68. The van der Waals surface area contributed by atoms with E-state index >= 15 is 0 Å². The van der Waals surface area contributed by atoms with Crippen molar-refractivity contribution in [2.24, 2.45) is 5.41 Å². The minimum atomic E-state index is -0.943. The van der Waals surface area contributed by atoms with Gasteiger partial charge in [0.25, 0.3) is 0 Å². The van der Waals surface area contributed by atoms with Crippen LogP contribution in [0.1, 0.15) is 20.3 Å². The van der Waals surface area contributed by atoms with E-state index in [2.05, 4.69) is 10.6 Å². The Bertz CT molecular complexity index is 267. The number of aliphatic carboxylic acids is 1. The first kappa shape index (κ1) is 15.7. The summed E-state index contributed by atoms with van der Waals surface area (Å²) in [5, 5.41) is 14.5. The van der Waals surface area contributed by atoms with E-state index in [0.29, 0.717) is 6.54 Å². The monoisotopic (exact) mass is 245 g/mol. The third kappa shape index (κ3) is 6.11. The Kier molecular flexibility index (Phi) is 6.57. The van der Waals surface area contributed by atoms with Gasteiger partial charge in [0.05, 0.1) is 5.41 Å². The van der Waals surface area contributed by atoms with Crippen molar-refractivity contribution in [3.05, 3.63) is 0 Å². The van der Waals surface area contributed by atoms with Crippen molar-refractivity contribution in [2.75, 3.05) is 33.7 Å². The maximum absolute atomic E-state index is 11.6. The molecule has 17 heavy (non-hydrogen) atoms. The van der Waals surface area contributed by atoms with E-state index in [9.17, 15) is 9.59 Å². The molecule has 0 saturated heterocycles. The van der Waals surface area contributed by atoms with Gasteiger partial charge in [-0.2, -0.15) is 0 Å². The van der Waals surface area contributed by atoms with Gasteiger partial charge in [0.1, 0.15) is 0 Å². The minimum Gasteiger partial charge on any atom is -0.481 e. The van der Waals surface area contributed by atoms with Gasteiger partial charge in [-0.05, 0) is 33.9 Å². The number of urea groups is 1. The Balaban J connectivity index is 3.97. The van der Waals surface area contributed by atoms with Crippen molar-refractivity contribution < 1.29 is 14.7 Å². The third-order valence-electron chi connectivity index (χ3n) is 2.53. The number of carbonyl (C=O) groups is 2. The Hall–Kier alpha value is -1.30. The first-order valence-corrected chi connectivity index (χ1v) is 5.68. The molecule has 0 atom stereocenters. The topological polar surface area (TPSA) is 81.7 Å². The van der Waals surface area contributed by atoms with Gasteiger partial charge in [0.15, 0.2) is 0 Å². The summed E-state index contributed by atoms with van der Waals surface area (Å²) in [5.74, 6) is -0.921. The zero-order valence-electron chi connectivity index (χ0n) is 11.0. The molecule has 0 radical (unpaired) electrons. The molecule has 0 fully saturated rings. The van der Waals surface area contributed by atoms with Crippen molar-refractivity contribution in [1.29, 1.82) is 0 Å². The van der Waals surface area contributed by atoms with Crippen LogP contribution in [0.2, 0.25) is 0 Å². The van der Waals surface area contributed by atoms with Crippen molar-refractivity contribution in [3.63, 3.8) is 0 Å². The van der Waals surface area contributed by atoms with Crippen molar-refractivity contribution in [3.8, 4) is 0 Å². The van der Waals surface area contributed by atoms with Gasteiger partial charge in [-0.1, -0.05) is 0 Å². The van der Waals surface area contributed by atoms with Crippen LogP contribution in [0.25, 0.3) is 0 Å². The SMILES string of the molecule is CNCCCN(C)C(=O)NCC(C)(C)C(=O)O. The average Bonchev–Trinajstić information content (AvgIpc) is 2.26. The number of carboxylic acids is 1. The molecule has 0 aromatic heterocycles. The molecule has 0 heterocycles. The fraction of sp³-hybridized carbons (Fsp3) is 0.818.